The van der Waals surface area contributed by atoms with Gasteiger partial charge in [-0.3, -0.25) is 19.3 Å². The molecule has 3 aliphatic heterocycles. The van der Waals surface area contributed by atoms with E-state index in [0.29, 0.717) is 34.9 Å². The molecule has 1 fully saturated rings. The first kappa shape index (κ1) is 34.6. The summed E-state index contributed by atoms with van der Waals surface area (Å²) in [6.07, 6.45) is -0.958. The van der Waals surface area contributed by atoms with Crippen molar-refractivity contribution in [2.75, 3.05) is 29.6 Å². The topological polar surface area (TPSA) is 99.6 Å². The molecule has 264 valence electrons. The Labute approximate surface area is 298 Å². The second-order valence-electron chi connectivity index (χ2n) is 14.1. The highest BCUT2D eigenvalue weighted by Gasteiger charge is 2.67. The lowest BCUT2D eigenvalue weighted by atomic mass is 9.82. The fourth-order valence-electron chi connectivity index (χ4n) is 8.24. The van der Waals surface area contributed by atoms with Crippen molar-refractivity contribution in [1.29, 1.82) is 0 Å². The maximum atomic E-state index is 16.4. The summed E-state index contributed by atoms with van der Waals surface area (Å²) in [4.78, 5) is 46.7. The van der Waals surface area contributed by atoms with E-state index in [-0.39, 0.29) is 50.4 Å². The van der Waals surface area contributed by atoms with Gasteiger partial charge in [-0.15, -0.1) is 0 Å². The van der Waals surface area contributed by atoms with E-state index in [1.165, 1.54) is 0 Å². The number of ether oxygens (including phenoxy) is 2. The summed E-state index contributed by atoms with van der Waals surface area (Å²) in [6, 6.07) is 31.8. The zero-order chi connectivity index (χ0) is 35.9. The van der Waals surface area contributed by atoms with Gasteiger partial charge in [-0.1, -0.05) is 79.7 Å². The molecule has 1 N–H and O–H groups in total. The minimum absolute atomic E-state index is 0.0833. The summed E-state index contributed by atoms with van der Waals surface area (Å²) in [7, 11) is -3.51. The van der Waals surface area contributed by atoms with Gasteiger partial charge in [0, 0.05) is 35.8 Å². The number of para-hydroxylation sites is 3. The van der Waals surface area contributed by atoms with Crippen LogP contribution in [0.3, 0.4) is 0 Å². The van der Waals surface area contributed by atoms with Crippen LogP contribution in [0.1, 0.15) is 30.0 Å². The van der Waals surface area contributed by atoms with E-state index in [2.05, 4.69) is 0 Å². The lowest BCUT2D eigenvalue weighted by Gasteiger charge is -2.31. The first-order valence-electron chi connectivity index (χ1n) is 17.4. The van der Waals surface area contributed by atoms with Crippen LogP contribution >= 0.6 is 0 Å². The number of aliphatic hydroxyl groups is 1. The van der Waals surface area contributed by atoms with E-state index in [4.69, 9.17) is 9.47 Å². The zero-order valence-electron chi connectivity index (χ0n) is 29.0. The summed E-state index contributed by atoms with van der Waals surface area (Å²) in [5.74, 6) is -0.718. The quantitative estimate of drug-likeness (QED) is 0.150. The molecule has 7 rings (SSSR count). The number of carbonyl (C=O) groups excluding carboxylic acids is 3. The van der Waals surface area contributed by atoms with Crippen molar-refractivity contribution in [2.24, 2.45) is 5.92 Å². The number of anilines is 3. The number of halogens is 1. The number of nitrogens with zero attached hydrogens (tertiary/aromatic N) is 3. The number of hydrogen-bond acceptors (Lipinski definition) is 6. The Bertz CT molecular complexity index is 1950. The highest BCUT2D eigenvalue weighted by atomic mass is 28.4. The summed E-state index contributed by atoms with van der Waals surface area (Å²) in [6.45, 7) is 5.41. The third-order valence-electron chi connectivity index (χ3n) is 10.4. The molecule has 4 atom stereocenters. The van der Waals surface area contributed by atoms with Crippen LogP contribution in [0.25, 0.3) is 0 Å². The van der Waals surface area contributed by atoms with E-state index < -0.39 is 31.6 Å². The molecule has 11 heteroatoms. The fourth-order valence-corrected chi connectivity index (χ4v) is 10.7. The van der Waals surface area contributed by atoms with E-state index in [9.17, 15) is 19.5 Å². The Hall–Kier alpha value is -4.84. The van der Waals surface area contributed by atoms with Crippen molar-refractivity contribution in [3.63, 3.8) is 0 Å². The van der Waals surface area contributed by atoms with Gasteiger partial charge in [-0.2, -0.15) is 0 Å². The molecule has 0 radical (unpaired) electrons. The molecule has 0 bridgehead atoms. The van der Waals surface area contributed by atoms with Gasteiger partial charge in [-0.05, 0) is 54.6 Å². The lowest BCUT2D eigenvalue weighted by Crippen LogP contribution is -2.45. The summed E-state index contributed by atoms with van der Waals surface area (Å²) < 4.78 is 28.9. The van der Waals surface area contributed by atoms with E-state index in [1.807, 2.05) is 110 Å². The molecule has 1 spiro atoms. The van der Waals surface area contributed by atoms with Crippen molar-refractivity contribution in [2.45, 2.75) is 56.8 Å². The van der Waals surface area contributed by atoms with E-state index >= 15 is 4.11 Å². The van der Waals surface area contributed by atoms with Crippen molar-refractivity contribution in [1.82, 2.24) is 4.90 Å². The summed E-state index contributed by atoms with van der Waals surface area (Å²) >= 11 is 0. The summed E-state index contributed by atoms with van der Waals surface area (Å²) in [5.41, 5.74) is 2.19. The predicted octanol–water partition coefficient (Wildman–Crippen LogP) is 6.48. The molecular weight excluding hydrogens is 666 g/mol. The van der Waals surface area contributed by atoms with Gasteiger partial charge < -0.3 is 28.5 Å². The van der Waals surface area contributed by atoms with Gasteiger partial charge in [0.15, 0.2) is 12.2 Å². The smallest absolute Gasteiger partial charge is 0.269 e. The average molecular weight is 708 g/mol. The van der Waals surface area contributed by atoms with Gasteiger partial charge in [0.25, 0.3) is 11.8 Å². The van der Waals surface area contributed by atoms with Crippen LogP contribution in [0.2, 0.25) is 18.6 Å². The Morgan fingerprint density at radius 3 is 2.37 bits per heavy atom. The molecule has 4 aromatic carbocycles. The number of rotatable bonds is 10. The number of amides is 3. The van der Waals surface area contributed by atoms with Crippen molar-refractivity contribution in [3.8, 4) is 5.75 Å². The minimum Gasteiger partial charge on any atom is -0.482 e. The van der Waals surface area contributed by atoms with Gasteiger partial charge in [0.05, 0.1) is 37.1 Å². The first-order chi connectivity index (χ1) is 24.5. The molecule has 3 aliphatic rings. The largest absolute Gasteiger partial charge is 0.482 e. The molecule has 1 saturated heterocycles. The van der Waals surface area contributed by atoms with Crippen LogP contribution in [0.5, 0.6) is 5.75 Å². The van der Waals surface area contributed by atoms with Crippen LogP contribution in [0.15, 0.2) is 103 Å². The molecule has 0 saturated carbocycles. The molecule has 0 aromatic heterocycles. The maximum Gasteiger partial charge on any atom is 0.269 e. The lowest BCUT2D eigenvalue weighted by molar-refractivity contribution is -0.150. The van der Waals surface area contributed by atoms with Crippen LogP contribution in [0.4, 0.5) is 21.2 Å². The molecule has 3 amide bonds. The van der Waals surface area contributed by atoms with Gasteiger partial charge in [0.2, 0.25) is 14.3 Å². The average Bonchev–Trinajstić information content (AvgIpc) is 3.54. The van der Waals surface area contributed by atoms with E-state index in [0.717, 1.165) is 11.1 Å². The highest BCUT2D eigenvalue weighted by molar-refractivity contribution is 6.72. The minimum atomic E-state index is -3.51. The van der Waals surface area contributed by atoms with Crippen molar-refractivity contribution >= 4 is 43.2 Å². The third kappa shape index (κ3) is 6.23. The molecular formula is C40H42FN3O6Si. The zero-order valence-corrected chi connectivity index (χ0v) is 30.0. The predicted molar refractivity (Wildman–Crippen MR) is 195 cm³/mol. The number of fused-ring (bicyclic) bond motifs is 3. The van der Waals surface area contributed by atoms with Gasteiger partial charge in [-0.25, -0.2) is 0 Å². The van der Waals surface area contributed by atoms with Gasteiger partial charge >= 0.3 is 0 Å². The molecule has 51 heavy (non-hydrogen) atoms. The standard InChI is InChI=1S/C40H42FN3O6Si/c1-27-38(51(2,3)41)35(23-36(46)42(20-21-45)24-28-12-5-4-6-13-28)50-40(27)31-16-7-8-17-32(31)43(39(40)48)25-29-14-11-15-30(22-29)44-33-18-9-10-19-34(33)49-26-37(44)47/h4-19,22,27,35,38,45H,20-21,23-26H2,1-3H3/t27-,35+,38-,40+/m0/s1. The Kier molecular flexibility index (Phi) is 9.30. The SMILES string of the molecule is C[C@H]1[C@H]([Si](C)(C)F)[C@@H](CC(=O)N(CCO)Cc2ccccc2)O[C@]12C(=O)N(Cc1cccc(N3C(=O)COc4ccccc43)c1)c1ccccc12. The Morgan fingerprint density at radius 2 is 1.63 bits per heavy atom. The van der Waals surface area contributed by atoms with Gasteiger partial charge in [0.1, 0.15) is 5.75 Å². The number of carbonyl (C=O) groups is 3. The normalized spacial score (nSPS) is 22.6. The molecule has 0 aliphatic carbocycles. The van der Waals surface area contributed by atoms with Crippen molar-refractivity contribution < 1.29 is 33.1 Å². The maximum absolute atomic E-state index is 16.4. The number of aliphatic hydroxyl groups excluding tert-OH is 1. The van der Waals surface area contributed by atoms with Crippen LogP contribution in [-0.4, -0.2) is 62.0 Å². The third-order valence-corrected chi connectivity index (χ3v) is 12.9. The Balaban J connectivity index is 1.19. The second kappa shape index (κ2) is 13.7. The number of benzene rings is 4. The molecule has 4 aromatic rings. The fraction of sp³-hybridized carbons (Fsp3) is 0.325. The van der Waals surface area contributed by atoms with Crippen LogP contribution in [-0.2, 0) is 37.8 Å². The molecule has 0 unspecified atom stereocenters. The first-order valence-corrected chi connectivity index (χ1v) is 20.3. The second-order valence-corrected chi connectivity index (χ2v) is 17.9. The highest BCUT2D eigenvalue weighted by Crippen LogP contribution is 2.60. The monoisotopic (exact) mass is 707 g/mol. The summed E-state index contributed by atoms with van der Waals surface area (Å²) in [5, 5.41) is 9.80. The Morgan fingerprint density at radius 1 is 0.941 bits per heavy atom. The van der Waals surface area contributed by atoms with Crippen LogP contribution in [0, 0.1) is 5.92 Å². The van der Waals surface area contributed by atoms with Crippen molar-refractivity contribution in [3.05, 3.63) is 120 Å². The molecule has 9 nitrogen and oxygen atoms in total. The van der Waals surface area contributed by atoms with Crippen LogP contribution < -0.4 is 14.5 Å². The van der Waals surface area contributed by atoms with E-state index in [1.54, 1.807) is 27.8 Å². The number of hydrogen-bond donors (Lipinski definition) is 1. The molecule has 3 heterocycles.